The summed E-state index contributed by atoms with van der Waals surface area (Å²) in [6.45, 7) is 24.2. The summed E-state index contributed by atoms with van der Waals surface area (Å²) in [4.78, 5) is 49.2. The molecule has 90 heavy (non-hydrogen) atoms. The molecule has 3 amide bonds. The standard InChI is InChI=1S/C28H25N3O2.C28H27NO2.C23H20N2O/c1-27(2,3)21-14-15-25(33-17-16-29)23(18-21)28(20-10-6-5-7-11-20)22-12-8-9-13-24(22)31(19-30-4)26(28)32;1-27(2,3)21-15-16-25-23(19-21)28(20-11-5-4-6-12-20)22-13-7-8-14-24(22)29(26(28)30)17-9-10-18-31-25;1-15-13-16-11-12-24-21(16)19(14-15)23(17-7-3-2-4-8-17)18-9-5-6-10-20(18)25-22(23)26/h5-15,18H,17,19H2,1-3H3;4-16,19H,17-18H2,1-3H3;2-10,13-14,24H,11-12H2,1H3,(H,25,26)/b;10-9-;. The van der Waals surface area contributed by atoms with E-state index in [4.69, 9.17) is 16.0 Å². The van der Waals surface area contributed by atoms with Crippen molar-refractivity contribution in [2.45, 2.75) is 82.0 Å². The van der Waals surface area contributed by atoms with Crippen molar-refractivity contribution in [2.75, 3.05) is 53.4 Å². The highest BCUT2D eigenvalue weighted by Gasteiger charge is 2.57. The molecule has 5 heterocycles. The minimum absolute atomic E-state index is 0.0198. The Bertz CT molecular complexity index is 4360. The first kappa shape index (κ1) is 59.8. The van der Waals surface area contributed by atoms with Crippen molar-refractivity contribution in [1.82, 2.24) is 0 Å². The van der Waals surface area contributed by atoms with E-state index in [9.17, 15) is 19.6 Å². The van der Waals surface area contributed by atoms with Gasteiger partial charge in [-0.25, -0.2) is 11.5 Å². The molecule has 5 aliphatic rings. The van der Waals surface area contributed by atoms with Gasteiger partial charge in [-0.1, -0.05) is 223 Å². The van der Waals surface area contributed by atoms with Crippen LogP contribution >= 0.6 is 0 Å². The van der Waals surface area contributed by atoms with Crippen LogP contribution in [0.2, 0.25) is 0 Å². The maximum Gasteiger partial charge on any atom is 0.295 e. The maximum atomic E-state index is 14.4. The summed E-state index contributed by atoms with van der Waals surface area (Å²) in [7, 11) is 0. The Hall–Kier alpha value is -10.5. The number of fused-ring (bicyclic) bond motifs is 10. The fourth-order valence-corrected chi connectivity index (χ4v) is 13.9. The average Bonchev–Trinajstić information content (AvgIpc) is 1.52. The van der Waals surface area contributed by atoms with Crippen molar-refractivity contribution >= 4 is 40.5 Å². The van der Waals surface area contributed by atoms with Gasteiger partial charge in [-0.2, -0.15) is 5.26 Å². The van der Waals surface area contributed by atoms with E-state index in [1.54, 1.807) is 4.90 Å². The lowest BCUT2D eigenvalue weighted by Gasteiger charge is -2.33. The van der Waals surface area contributed by atoms with Gasteiger partial charge < -0.3 is 25.0 Å². The van der Waals surface area contributed by atoms with Crippen molar-refractivity contribution < 1.29 is 23.9 Å². The number of nitrogens with zero attached hydrogens (tertiary/aromatic N) is 4. The highest BCUT2D eigenvalue weighted by Crippen LogP contribution is 2.56. The highest BCUT2D eigenvalue weighted by molar-refractivity contribution is 6.15. The summed E-state index contributed by atoms with van der Waals surface area (Å²) >= 11 is 0. The van der Waals surface area contributed by atoms with Gasteiger partial charge >= 0.3 is 0 Å². The third-order valence-electron chi connectivity index (χ3n) is 18.1. The van der Waals surface area contributed by atoms with Gasteiger partial charge in [0.05, 0.1) is 5.69 Å². The molecular formula is C79H72N6O5. The van der Waals surface area contributed by atoms with Crippen LogP contribution in [0.25, 0.3) is 4.85 Å². The Morgan fingerprint density at radius 3 is 1.76 bits per heavy atom. The molecule has 0 saturated heterocycles. The van der Waals surface area contributed by atoms with E-state index in [1.165, 1.54) is 16.7 Å². The third kappa shape index (κ3) is 9.95. The Morgan fingerprint density at radius 2 is 1.13 bits per heavy atom. The number of anilines is 4. The molecule has 3 unspecified atom stereocenters. The number of amides is 3. The van der Waals surface area contributed by atoms with Gasteiger partial charge in [0.2, 0.25) is 11.8 Å². The zero-order valence-electron chi connectivity index (χ0n) is 51.9. The van der Waals surface area contributed by atoms with E-state index in [0.29, 0.717) is 24.5 Å². The maximum absolute atomic E-state index is 14.4. The fourth-order valence-electron chi connectivity index (χ4n) is 13.9. The van der Waals surface area contributed by atoms with E-state index in [1.807, 2.05) is 169 Å². The van der Waals surface area contributed by atoms with Crippen LogP contribution in [0, 0.1) is 24.8 Å². The predicted octanol–water partition coefficient (Wildman–Crippen LogP) is 15.3. The van der Waals surface area contributed by atoms with Crippen molar-refractivity contribution in [3.63, 3.8) is 0 Å². The summed E-state index contributed by atoms with van der Waals surface area (Å²) in [5, 5.41) is 15.9. The molecule has 0 aliphatic carbocycles. The van der Waals surface area contributed by atoms with Crippen molar-refractivity contribution in [3.05, 3.63) is 308 Å². The molecule has 5 aliphatic heterocycles. The van der Waals surface area contributed by atoms with Gasteiger partial charge in [-0.15, -0.1) is 0 Å². The number of hydrogen-bond donors (Lipinski definition) is 2. The fraction of sp³-hybridized carbons (Fsp3) is 0.228. The molecule has 9 aromatic carbocycles. The van der Waals surface area contributed by atoms with Gasteiger partial charge in [-0.3, -0.25) is 19.2 Å². The van der Waals surface area contributed by atoms with E-state index >= 15 is 0 Å². The van der Waals surface area contributed by atoms with Gasteiger partial charge in [0, 0.05) is 63.5 Å². The van der Waals surface area contributed by atoms with E-state index in [2.05, 4.69) is 131 Å². The average molecular weight is 1190 g/mol. The zero-order valence-corrected chi connectivity index (χ0v) is 51.9. The Kier molecular flexibility index (Phi) is 15.9. The van der Waals surface area contributed by atoms with Crippen LogP contribution in [0.4, 0.5) is 22.7 Å². The molecule has 2 bridgehead atoms. The topological polar surface area (TPSA) is 128 Å². The number of para-hydroxylation sites is 3. The van der Waals surface area contributed by atoms with Gasteiger partial charge in [0.15, 0.2) is 6.61 Å². The van der Waals surface area contributed by atoms with E-state index < -0.39 is 16.2 Å². The monoisotopic (exact) mass is 1180 g/mol. The van der Waals surface area contributed by atoms with E-state index in [0.717, 1.165) is 91.5 Å². The summed E-state index contributed by atoms with van der Waals surface area (Å²) in [6.07, 6.45) is 5.01. The summed E-state index contributed by atoms with van der Waals surface area (Å²) < 4.78 is 12.1. The quantitative estimate of drug-likeness (QED) is 0.115. The molecule has 2 N–H and O–H groups in total. The summed E-state index contributed by atoms with van der Waals surface area (Å²) in [5.41, 5.74) is 13.5. The lowest BCUT2D eigenvalue weighted by atomic mass is 9.68. The summed E-state index contributed by atoms with van der Waals surface area (Å²) in [5.74, 6) is 1.14. The number of carbonyl (C=O) groups excluding carboxylic acids is 3. The second kappa shape index (κ2) is 23.9. The van der Waals surface area contributed by atoms with Crippen LogP contribution in [-0.2, 0) is 47.9 Å². The molecule has 14 rings (SSSR count). The van der Waals surface area contributed by atoms with Crippen LogP contribution in [0.5, 0.6) is 11.5 Å². The zero-order chi connectivity index (χ0) is 63.0. The SMILES string of the molecule is CC(C)(C)c1ccc2c(c1)C1(c3ccccc3)C(=O)N(C/C=C\CO2)c2ccccc21.Cc1cc2c(c(C3(c4ccccc4)C(=O)Nc4ccccc43)c1)NCC2.[C-]#[N+]CN1C(=O)C(c2ccccc2)(c2cc(C(C)(C)C)ccc2OCC#N)c2ccccc21. The number of rotatable bonds is 8. The minimum Gasteiger partial charge on any atom is -0.489 e. The minimum atomic E-state index is -1.20. The molecule has 0 saturated carbocycles. The van der Waals surface area contributed by atoms with Crippen molar-refractivity contribution in [2.24, 2.45) is 0 Å². The number of carbonyl (C=O) groups is 3. The number of aryl methyl sites for hydroxylation is 1. The van der Waals surface area contributed by atoms with Gasteiger partial charge in [-0.05, 0) is 106 Å². The molecule has 11 nitrogen and oxygen atoms in total. The molecule has 0 spiro atoms. The lowest BCUT2D eigenvalue weighted by Crippen LogP contribution is -2.43. The largest absolute Gasteiger partial charge is 0.489 e. The molecule has 9 aromatic rings. The smallest absolute Gasteiger partial charge is 0.295 e. The number of nitrogens with one attached hydrogen (secondary N) is 2. The number of ether oxygens (including phenoxy) is 2. The number of hydrogen-bond acceptors (Lipinski definition) is 7. The van der Waals surface area contributed by atoms with Crippen molar-refractivity contribution in [1.29, 1.82) is 5.26 Å². The Labute approximate surface area is 528 Å². The van der Waals surface area contributed by atoms with Crippen LogP contribution in [0.15, 0.2) is 224 Å². The molecule has 3 atom stereocenters. The lowest BCUT2D eigenvalue weighted by molar-refractivity contribution is -0.121. The normalized spacial score (nSPS) is 19.5. The first-order valence-electron chi connectivity index (χ1n) is 30.7. The van der Waals surface area contributed by atoms with Crippen LogP contribution in [-0.4, -0.2) is 50.7 Å². The second-order valence-corrected chi connectivity index (χ2v) is 25.5. The van der Waals surface area contributed by atoms with Gasteiger partial charge in [0.1, 0.15) is 40.4 Å². The van der Waals surface area contributed by atoms with Crippen LogP contribution in [0.1, 0.15) is 114 Å². The third-order valence-corrected chi connectivity index (χ3v) is 18.1. The first-order valence-corrected chi connectivity index (χ1v) is 30.7. The first-order chi connectivity index (χ1) is 43.5. The molecule has 0 aromatic heterocycles. The molecule has 0 radical (unpaired) electrons. The Morgan fingerprint density at radius 1 is 0.589 bits per heavy atom. The van der Waals surface area contributed by atoms with Crippen molar-refractivity contribution in [3.8, 4) is 17.6 Å². The molecule has 0 fully saturated rings. The molecular weight excluding hydrogens is 1110 g/mol. The second-order valence-electron chi connectivity index (χ2n) is 25.5. The summed E-state index contributed by atoms with van der Waals surface area (Å²) in [6, 6.07) is 72.4. The van der Waals surface area contributed by atoms with Gasteiger partial charge in [0.25, 0.3) is 12.6 Å². The Balaban J connectivity index is 0.000000132. The molecule has 448 valence electrons. The predicted molar refractivity (Wildman–Crippen MR) is 358 cm³/mol. The van der Waals surface area contributed by atoms with E-state index in [-0.39, 0.29) is 41.8 Å². The number of benzene rings is 9. The van der Waals surface area contributed by atoms with Crippen LogP contribution < -0.4 is 29.9 Å². The highest BCUT2D eigenvalue weighted by atomic mass is 16.5. The molecule has 11 heteroatoms. The number of nitriles is 1. The van der Waals surface area contributed by atoms with Crippen LogP contribution in [0.3, 0.4) is 0 Å².